The number of hydrogen-bond donors (Lipinski definition) is 3. The molecular weight excluding hydrogens is 526 g/mol. The molecule has 10 heteroatoms. The summed E-state index contributed by atoms with van der Waals surface area (Å²) in [6, 6.07) is 20.4. The molecule has 0 atom stereocenters. The van der Waals surface area contributed by atoms with E-state index in [-0.39, 0.29) is 17.7 Å². The number of rotatable bonds is 16. The molecule has 10 nitrogen and oxygen atoms in total. The Bertz CT molecular complexity index is 1330. The molecule has 3 N–H and O–H groups in total. The molecule has 0 fully saturated rings. The van der Waals surface area contributed by atoms with Crippen LogP contribution in [0.25, 0.3) is 11.1 Å². The fourth-order valence-electron chi connectivity index (χ4n) is 4.19. The van der Waals surface area contributed by atoms with Gasteiger partial charge < -0.3 is 34.9 Å². The molecule has 0 aliphatic carbocycles. The summed E-state index contributed by atoms with van der Waals surface area (Å²) in [4.78, 5) is 35.2. The van der Waals surface area contributed by atoms with Gasteiger partial charge in [-0.25, -0.2) is 0 Å². The molecule has 3 aromatic rings. The molecule has 41 heavy (non-hydrogen) atoms. The first-order valence-electron chi connectivity index (χ1n) is 13.5. The largest absolute Gasteiger partial charge is 0.491 e. The van der Waals surface area contributed by atoms with Crippen LogP contribution in [0, 0.1) is 0 Å². The van der Waals surface area contributed by atoms with E-state index in [1.807, 2.05) is 36.4 Å². The highest BCUT2D eigenvalue weighted by Crippen LogP contribution is 2.29. The fourth-order valence-corrected chi connectivity index (χ4v) is 4.19. The van der Waals surface area contributed by atoms with Crippen LogP contribution in [0.4, 0.5) is 11.4 Å². The van der Waals surface area contributed by atoms with E-state index >= 15 is 0 Å². The Morgan fingerprint density at radius 1 is 0.805 bits per heavy atom. The Hall–Kier alpha value is -4.25. The van der Waals surface area contributed by atoms with E-state index in [9.17, 15) is 14.4 Å². The van der Waals surface area contributed by atoms with Crippen LogP contribution in [0.1, 0.15) is 22.8 Å². The van der Waals surface area contributed by atoms with E-state index in [2.05, 4.69) is 16.0 Å². The molecule has 4 rings (SSSR count). The SMILES string of the molecule is CC(=O)Nc1ccc(OCCOCCOCCOCCNC(=O)c2cccc(-c3ccc4c(c3)CC(=O)N4)c2)cc1. The van der Waals surface area contributed by atoms with Crippen LogP contribution >= 0.6 is 0 Å². The average Bonchev–Trinajstić information content (AvgIpc) is 3.35. The van der Waals surface area contributed by atoms with Gasteiger partial charge in [0, 0.05) is 30.4 Å². The number of carbonyl (C=O) groups is 3. The Morgan fingerprint density at radius 3 is 2.22 bits per heavy atom. The maximum atomic E-state index is 12.6. The molecule has 0 saturated heterocycles. The highest BCUT2D eigenvalue weighted by molar-refractivity contribution is 6.00. The van der Waals surface area contributed by atoms with E-state index in [1.54, 1.807) is 30.3 Å². The third kappa shape index (κ3) is 9.71. The van der Waals surface area contributed by atoms with Crippen LogP contribution in [0.2, 0.25) is 0 Å². The lowest BCUT2D eigenvalue weighted by Crippen LogP contribution is -2.27. The van der Waals surface area contributed by atoms with E-state index < -0.39 is 0 Å². The van der Waals surface area contributed by atoms with Crippen molar-refractivity contribution in [3.63, 3.8) is 0 Å². The number of nitrogens with one attached hydrogen (secondary N) is 3. The zero-order chi connectivity index (χ0) is 28.9. The summed E-state index contributed by atoms with van der Waals surface area (Å²) in [5, 5.41) is 8.40. The first kappa shape index (κ1) is 29.7. The lowest BCUT2D eigenvalue weighted by atomic mass is 10.00. The summed E-state index contributed by atoms with van der Waals surface area (Å²) >= 11 is 0. The first-order valence-corrected chi connectivity index (χ1v) is 13.5. The quantitative estimate of drug-likeness (QED) is 0.228. The molecular formula is C31H35N3O7. The number of carbonyl (C=O) groups excluding carboxylic acids is 3. The molecule has 216 valence electrons. The fraction of sp³-hybridized carbons (Fsp3) is 0.323. The molecule has 0 radical (unpaired) electrons. The Kier molecular flexibility index (Phi) is 11.2. The van der Waals surface area contributed by atoms with Gasteiger partial charge >= 0.3 is 0 Å². The van der Waals surface area contributed by atoms with Gasteiger partial charge in [-0.3, -0.25) is 14.4 Å². The summed E-state index contributed by atoms with van der Waals surface area (Å²) < 4.78 is 22.1. The zero-order valence-electron chi connectivity index (χ0n) is 23.1. The molecule has 0 bridgehead atoms. The number of amides is 3. The third-order valence-electron chi connectivity index (χ3n) is 6.14. The summed E-state index contributed by atoms with van der Waals surface area (Å²) in [5.41, 5.74) is 4.97. The van der Waals surface area contributed by atoms with E-state index in [0.29, 0.717) is 70.5 Å². The second-order valence-electron chi connectivity index (χ2n) is 9.32. The van der Waals surface area contributed by atoms with Crippen molar-refractivity contribution in [2.24, 2.45) is 0 Å². The van der Waals surface area contributed by atoms with Gasteiger partial charge in [-0.15, -0.1) is 0 Å². The predicted molar refractivity (Wildman–Crippen MR) is 155 cm³/mol. The molecule has 3 aromatic carbocycles. The molecule has 0 spiro atoms. The van der Waals surface area contributed by atoms with Gasteiger partial charge in [-0.1, -0.05) is 18.2 Å². The van der Waals surface area contributed by atoms with Crippen molar-refractivity contribution >= 4 is 29.1 Å². The van der Waals surface area contributed by atoms with Gasteiger partial charge in [-0.2, -0.15) is 0 Å². The molecule has 0 aromatic heterocycles. The minimum atomic E-state index is -0.173. The Morgan fingerprint density at radius 2 is 1.49 bits per heavy atom. The normalized spacial score (nSPS) is 12.0. The molecule has 0 unspecified atom stereocenters. The summed E-state index contributed by atoms with van der Waals surface area (Å²) in [6.07, 6.45) is 0.373. The van der Waals surface area contributed by atoms with Crippen molar-refractivity contribution in [2.45, 2.75) is 13.3 Å². The summed E-state index contributed by atoms with van der Waals surface area (Å²) in [6.45, 7) is 4.80. The van der Waals surface area contributed by atoms with Crippen molar-refractivity contribution in [2.75, 3.05) is 63.4 Å². The van der Waals surface area contributed by atoms with Crippen LogP contribution in [-0.4, -0.2) is 70.5 Å². The number of benzene rings is 3. The highest BCUT2D eigenvalue weighted by atomic mass is 16.6. The number of ether oxygens (including phenoxy) is 4. The molecule has 0 saturated carbocycles. The van der Waals surface area contributed by atoms with Crippen LogP contribution in [-0.2, 0) is 30.2 Å². The zero-order valence-corrected chi connectivity index (χ0v) is 23.1. The van der Waals surface area contributed by atoms with E-state index in [0.717, 1.165) is 28.1 Å². The van der Waals surface area contributed by atoms with Crippen molar-refractivity contribution in [3.8, 4) is 16.9 Å². The predicted octanol–water partition coefficient (Wildman–Crippen LogP) is 3.67. The first-order chi connectivity index (χ1) is 20.0. The van der Waals surface area contributed by atoms with E-state index in [1.165, 1.54) is 6.92 Å². The standard InChI is InChI=1S/C31H35N3O7/c1-22(35)33-27-6-8-28(9-7-27)41-18-17-40-16-15-39-14-13-38-12-11-32-31(37)25-4-2-3-23(19-25)24-5-10-29-26(20-24)21-30(36)34-29/h2-10,19-20H,11-18,21H2,1H3,(H,32,37)(H,33,35)(H,34,36). The van der Waals surface area contributed by atoms with Gasteiger partial charge in [0.25, 0.3) is 5.91 Å². The van der Waals surface area contributed by atoms with Gasteiger partial charge in [0.1, 0.15) is 12.4 Å². The maximum absolute atomic E-state index is 12.6. The molecule has 1 heterocycles. The smallest absolute Gasteiger partial charge is 0.251 e. The Balaban J connectivity index is 1.01. The van der Waals surface area contributed by atoms with E-state index in [4.69, 9.17) is 18.9 Å². The minimum absolute atomic E-state index is 0.00390. The van der Waals surface area contributed by atoms with Crippen molar-refractivity contribution in [1.29, 1.82) is 0 Å². The minimum Gasteiger partial charge on any atom is -0.491 e. The summed E-state index contributed by atoms with van der Waals surface area (Å²) in [5.74, 6) is 0.409. The number of fused-ring (bicyclic) bond motifs is 1. The lowest BCUT2D eigenvalue weighted by molar-refractivity contribution is -0.115. The van der Waals surface area contributed by atoms with Crippen LogP contribution in [0.15, 0.2) is 66.7 Å². The summed E-state index contributed by atoms with van der Waals surface area (Å²) in [7, 11) is 0. The maximum Gasteiger partial charge on any atom is 0.251 e. The monoisotopic (exact) mass is 561 g/mol. The van der Waals surface area contributed by atoms with Crippen molar-refractivity contribution in [1.82, 2.24) is 5.32 Å². The second kappa shape index (κ2) is 15.5. The molecule has 3 amide bonds. The number of hydrogen-bond acceptors (Lipinski definition) is 7. The van der Waals surface area contributed by atoms with Gasteiger partial charge in [0.2, 0.25) is 11.8 Å². The second-order valence-corrected chi connectivity index (χ2v) is 9.32. The van der Waals surface area contributed by atoms with Gasteiger partial charge in [0.05, 0.1) is 46.1 Å². The molecule has 1 aliphatic rings. The van der Waals surface area contributed by atoms with Gasteiger partial charge in [0.15, 0.2) is 0 Å². The third-order valence-corrected chi connectivity index (χ3v) is 6.14. The van der Waals surface area contributed by atoms with Crippen LogP contribution in [0.3, 0.4) is 0 Å². The lowest BCUT2D eigenvalue weighted by Gasteiger charge is -2.10. The average molecular weight is 562 g/mol. The van der Waals surface area contributed by atoms with Crippen molar-refractivity contribution in [3.05, 3.63) is 77.9 Å². The van der Waals surface area contributed by atoms with Crippen LogP contribution in [0.5, 0.6) is 5.75 Å². The van der Waals surface area contributed by atoms with Crippen LogP contribution < -0.4 is 20.7 Å². The highest BCUT2D eigenvalue weighted by Gasteiger charge is 2.18. The van der Waals surface area contributed by atoms with Crippen molar-refractivity contribution < 1.29 is 33.3 Å². The topological polar surface area (TPSA) is 124 Å². The Labute approximate surface area is 239 Å². The van der Waals surface area contributed by atoms with Gasteiger partial charge in [-0.05, 0) is 65.2 Å². The molecule has 1 aliphatic heterocycles. The number of anilines is 2.